The van der Waals surface area contributed by atoms with Crippen LogP contribution in [0.5, 0.6) is 5.75 Å². The Morgan fingerprint density at radius 2 is 1.85 bits per heavy atom. The van der Waals surface area contributed by atoms with Crippen LogP contribution in [0.3, 0.4) is 0 Å². The Labute approximate surface area is 121 Å². The minimum absolute atomic E-state index is 0.260. The first-order chi connectivity index (χ1) is 9.56. The predicted molar refractivity (Wildman–Crippen MR) is 80.9 cm³/mol. The fourth-order valence-electron chi connectivity index (χ4n) is 2.37. The predicted octanol–water partition coefficient (Wildman–Crippen LogP) is 3.53. The fourth-order valence-corrected chi connectivity index (χ4v) is 3.09. The zero-order valence-electron chi connectivity index (χ0n) is 11.6. The summed E-state index contributed by atoms with van der Waals surface area (Å²) in [6.45, 7) is 4.10. The Balaban J connectivity index is 2.21. The summed E-state index contributed by atoms with van der Waals surface area (Å²) in [6, 6.07) is 7.12. The van der Waals surface area contributed by atoms with Crippen LogP contribution in [0.4, 0.5) is 0 Å². The van der Waals surface area contributed by atoms with Gasteiger partial charge in [-0.05, 0) is 49.6 Å². The van der Waals surface area contributed by atoms with Crippen molar-refractivity contribution in [3.05, 3.63) is 41.0 Å². The lowest BCUT2D eigenvalue weighted by Crippen LogP contribution is -1.87. The first kappa shape index (κ1) is 12.9. The molecule has 20 heavy (non-hydrogen) atoms. The third-order valence-electron chi connectivity index (χ3n) is 3.27. The van der Waals surface area contributed by atoms with Crippen LogP contribution in [-0.4, -0.2) is 19.3 Å². The quantitative estimate of drug-likeness (QED) is 0.783. The van der Waals surface area contributed by atoms with Gasteiger partial charge in [-0.3, -0.25) is 4.68 Å². The van der Waals surface area contributed by atoms with E-state index in [1.165, 1.54) is 16.4 Å². The number of benzene rings is 1. The molecule has 2 heterocycles. The van der Waals surface area contributed by atoms with Crippen LogP contribution in [-0.2, 0) is 7.05 Å². The summed E-state index contributed by atoms with van der Waals surface area (Å²) < 4.78 is 6.23. The molecule has 102 valence electrons. The summed E-state index contributed by atoms with van der Waals surface area (Å²) in [5.41, 5.74) is 5.18. The van der Waals surface area contributed by atoms with Gasteiger partial charge >= 0.3 is 0 Å². The third-order valence-corrected chi connectivity index (χ3v) is 4.12. The zero-order valence-corrected chi connectivity index (χ0v) is 12.4. The maximum atomic E-state index is 9.42. The average Bonchev–Trinajstić information content (AvgIpc) is 2.94. The monoisotopic (exact) mass is 285 g/mol. The number of hydrogen-bond donors (Lipinski definition) is 1. The van der Waals surface area contributed by atoms with Crippen LogP contribution in [0.25, 0.3) is 22.4 Å². The van der Waals surface area contributed by atoms with Crippen LogP contribution >= 0.6 is 11.5 Å². The molecule has 0 aliphatic heterocycles. The van der Waals surface area contributed by atoms with Gasteiger partial charge in [-0.1, -0.05) is 0 Å². The Bertz CT molecular complexity index is 737. The summed E-state index contributed by atoms with van der Waals surface area (Å²) in [4.78, 5) is 1.19. The Morgan fingerprint density at radius 1 is 1.15 bits per heavy atom. The van der Waals surface area contributed by atoms with E-state index in [4.69, 9.17) is 0 Å². The van der Waals surface area contributed by atoms with Gasteiger partial charge in [0.1, 0.15) is 11.4 Å². The summed E-state index contributed by atoms with van der Waals surface area (Å²) in [5, 5.41) is 14.0. The lowest BCUT2D eigenvalue weighted by Gasteiger charge is -2.03. The molecule has 5 heteroatoms. The van der Waals surface area contributed by atoms with Crippen molar-refractivity contribution in [2.24, 2.45) is 7.05 Å². The zero-order chi connectivity index (χ0) is 14.3. The summed E-state index contributed by atoms with van der Waals surface area (Å²) in [6.07, 6.45) is 2.02. The molecule has 3 rings (SSSR count). The van der Waals surface area contributed by atoms with Gasteiger partial charge in [0.15, 0.2) is 0 Å². The minimum atomic E-state index is 0.260. The Morgan fingerprint density at radius 3 is 2.45 bits per heavy atom. The minimum Gasteiger partial charge on any atom is -0.508 e. The number of phenols is 1. The van der Waals surface area contributed by atoms with Crippen molar-refractivity contribution in [3.63, 3.8) is 0 Å². The molecule has 0 atom stereocenters. The number of nitrogens with zero attached hydrogens (tertiary/aromatic N) is 3. The average molecular weight is 285 g/mol. The van der Waals surface area contributed by atoms with Gasteiger partial charge in [-0.25, -0.2) is 0 Å². The smallest absolute Gasteiger partial charge is 0.115 e. The molecule has 0 bridgehead atoms. The van der Waals surface area contributed by atoms with E-state index in [0.717, 1.165) is 28.1 Å². The molecule has 0 radical (unpaired) electrons. The van der Waals surface area contributed by atoms with E-state index in [-0.39, 0.29) is 5.75 Å². The standard InChI is InChI=1S/C15H15N3OS/c1-9-14(10(2)20-17-9)13-8-18(3)16-15(13)11-4-6-12(19)7-5-11/h4-8,19H,1-3H3. The lowest BCUT2D eigenvalue weighted by molar-refractivity contribution is 0.475. The molecule has 1 N–H and O–H groups in total. The first-order valence-corrected chi connectivity index (χ1v) is 7.10. The Kier molecular flexibility index (Phi) is 3.06. The number of aromatic nitrogens is 3. The van der Waals surface area contributed by atoms with Crippen LogP contribution < -0.4 is 0 Å². The molecule has 0 saturated carbocycles. The van der Waals surface area contributed by atoms with Crippen LogP contribution in [0.2, 0.25) is 0 Å². The van der Waals surface area contributed by atoms with Gasteiger partial charge in [-0.2, -0.15) is 9.47 Å². The van der Waals surface area contributed by atoms with E-state index < -0.39 is 0 Å². The normalized spacial score (nSPS) is 10.9. The molecule has 0 saturated heterocycles. The maximum absolute atomic E-state index is 9.42. The maximum Gasteiger partial charge on any atom is 0.115 e. The van der Waals surface area contributed by atoms with Crippen LogP contribution in [0.1, 0.15) is 10.6 Å². The van der Waals surface area contributed by atoms with Crippen molar-refractivity contribution >= 4 is 11.5 Å². The Hall–Kier alpha value is -2.14. The van der Waals surface area contributed by atoms with E-state index >= 15 is 0 Å². The van der Waals surface area contributed by atoms with Crippen molar-refractivity contribution < 1.29 is 5.11 Å². The highest BCUT2D eigenvalue weighted by molar-refractivity contribution is 7.06. The van der Waals surface area contributed by atoms with E-state index in [2.05, 4.69) is 16.4 Å². The molecule has 0 aliphatic rings. The molecule has 4 nitrogen and oxygen atoms in total. The highest BCUT2D eigenvalue weighted by atomic mass is 32.1. The molecule has 1 aromatic carbocycles. The number of phenolic OH excluding ortho intramolecular Hbond substituents is 1. The summed E-state index contributed by atoms with van der Waals surface area (Å²) in [5.74, 6) is 0.260. The van der Waals surface area contributed by atoms with E-state index in [9.17, 15) is 5.11 Å². The molecule has 0 spiro atoms. The SMILES string of the molecule is Cc1nsc(C)c1-c1cn(C)nc1-c1ccc(O)cc1. The van der Waals surface area contributed by atoms with Gasteiger partial charge in [-0.15, -0.1) is 0 Å². The topological polar surface area (TPSA) is 50.9 Å². The number of rotatable bonds is 2. The van der Waals surface area contributed by atoms with Gasteiger partial charge in [0.05, 0.1) is 5.69 Å². The second-order valence-electron chi connectivity index (χ2n) is 4.81. The highest BCUT2D eigenvalue weighted by Crippen LogP contribution is 2.36. The van der Waals surface area contributed by atoms with E-state index in [0.29, 0.717) is 0 Å². The third kappa shape index (κ3) is 2.10. The molecule has 0 unspecified atom stereocenters. The van der Waals surface area contributed by atoms with Crippen molar-refractivity contribution in [3.8, 4) is 28.1 Å². The first-order valence-electron chi connectivity index (χ1n) is 6.32. The molecule has 2 aromatic heterocycles. The lowest BCUT2D eigenvalue weighted by atomic mass is 10.0. The molecule has 0 aliphatic carbocycles. The van der Waals surface area contributed by atoms with Crippen molar-refractivity contribution in [2.75, 3.05) is 0 Å². The number of hydrogen-bond acceptors (Lipinski definition) is 4. The molecule has 0 fully saturated rings. The fraction of sp³-hybridized carbons (Fsp3) is 0.200. The van der Waals surface area contributed by atoms with Gasteiger partial charge < -0.3 is 5.11 Å². The van der Waals surface area contributed by atoms with Crippen molar-refractivity contribution in [1.29, 1.82) is 0 Å². The van der Waals surface area contributed by atoms with Gasteiger partial charge in [0.25, 0.3) is 0 Å². The van der Waals surface area contributed by atoms with E-state index in [1.54, 1.807) is 12.1 Å². The number of aryl methyl sites for hydroxylation is 3. The summed E-state index contributed by atoms with van der Waals surface area (Å²) >= 11 is 1.51. The largest absolute Gasteiger partial charge is 0.508 e. The highest BCUT2D eigenvalue weighted by Gasteiger charge is 2.17. The van der Waals surface area contributed by atoms with Gasteiger partial charge in [0.2, 0.25) is 0 Å². The second-order valence-corrected chi connectivity index (χ2v) is 5.79. The molecule has 0 amide bonds. The van der Waals surface area contributed by atoms with E-state index in [1.807, 2.05) is 37.0 Å². The molecular weight excluding hydrogens is 270 g/mol. The molecular formula is C15H15N3OS. The van der Waals surface area contributed by atoms with Gasteiger partial charge in [0, 0.05) is 34.8 Å². The van der Waals surface area contributed by atoms with Crippen LogP contribution in [0, 0.1) is 13.8 Å². The summed E-state index contributed by atoms with van der Waals surface area (Å²) in [7, 11) is 1.91. The van der Waals surface area contributed by atoms with Crippen molar-refractivity contribution in [1.82, 2.24) is 14.2 Å². The molecule has 3 aromatic rings. The second kappa shape index (κ2) is 4.76. The number of aromatic hydroxyl groups is 1. The van der Waals surface area contributed by atoms with Crippen molar-refractivity contribution in [2.45, 2.75) is 13.8 Å². The van der Waals surface area contributed by atoms with Crippen LogP contribution in [0.15, 0.2) is 30.5 Å².